The van der Waals surface area contributed by atoms with Crippen molar-refractivity contribution in [1.82, 2.24) is 0 Å². The number of non-ortho nitro benzene ring substituents is 1. The molecule has 0 spiro atoms. The summed E-state index contributed by atoms with van der Waals surface area (Å²) in [6.45, 7) is 7.32. The predicted molar refractivity (Wildman–Crippen MR) is 109 cm³/mol. The number of carbonyl (C=O) groups is 2. The summed E-state index contributed by atoms with van der Waals surface area (Å²) in [7, 11) is 0. The van der Waals surface area contributed by atoms with Gasteiger partial charge in [-0.05, 0) is 51.0 Å². The highest BCUT2D eigenvalue weighted by atomic mass is 32.2. The van der Waals surface area contributed by atoms with Gasteiger partial charge in [0.05, 0.1) is 10.7 Å². The Bertz CT molecular complexity index is 873. The Hall–Kier alpha value is -2.87. The van der Waals surface area contributed by atoms with Crippen molar-refractivity contribution in [2.24, 2.45) is 0 Å². The van der Waals surface area contributed by atoms with Gasteiger partial charge in [0.15, 0.2) is 6.10 Å². The van der Waals surface area contributed by atoms with E-state index in [2.05, 4.69) is 5.32 Å². The number of amides is 1. The molecular formula is C20H22N2O5S. The Labute approximate surface area is 167 Å². The number of benzene rings is 2. The van der Waals surface area contributed by atoms with Gasteiger partial charge >= 0.3 is 5.97 Å². The lowest BCUT2D eigenvalue weighted by molar-refractivity contribution is -0.384. The molecule has 0 heterocycles. The third-order valence-electron chi connectivity index (χ3n) is 4.01. The van der Waals surface area contributed by atoms with Crippen molar-refractivity contribution >= 4 is 35.0 Å². The molecule has 0 radical (unpaired) electrons. The van der Waals surface area contributed by atoms with Crippen LogP contribution in [0.5, 0.6) is 0 Å². The number of carbonyl (C=O) groups excluding carboxylic acids is 2. The first-order valence-electron chi connectivity index (χ1n) is 8.63. The number of aryl methyl sites for hydroxylation is 3. The van der Waals surface area contributed by atoms with E-state index in [1.54, 1.807) is 12.1 Å². The van der Waals surface area contributed by atoms with Crippen molar-refractivity contribution in [2.45, 2.75) is 38.7 Å². The highest BCUT2D eigenvalue weighted by Crippen LogP contribution is 2.23. The molecule has 148 valence electrons. The Morgan fingerprint density at radius 3 is 2.25 bits per heavy atom. The first kappa shape index (κ1) is 21.4. The van der Waals surface area contributed by atoms with Gasteiger partial charge in [-0.2, -0.15) is 0 Å². The molecule has 2 aromatic carbocycles. The second kappa shape index (κ2) is 9.36. The molecule has 7 nitrogen and oxygen atoms in total. The number of esters is 1. The molecule has 2 rings (SSSR count). The van der Waals surface area contributed by atoms with Gasteiger partial charge in [-0.1, -0.05) is 17.7 Å². The number of thioether (sulfide) groups is 1. The maximum absolute atomic E-state index is 12.4. The van der Waals surface area contributed by atoms with Crippen LogP contribution in [0.2, 0.25) is 0 Å². The van der Waals surface area contributed by atoms with Gasteiger partial charge in [-0.25, -0.2) is 0 Å². The fraction of sp³-hybridized carbons (Fsp3) is 0.300. The normalized spacial score (nSPS) is 11.6. The summed E-state index contributed by atoms with van der Waals surface area (Å²) in [4.78, 5) is 35.2. The summed E-state index contributed by atoms with van der Waals surface area (Å²) in [6, 6.07) is 9.82. The van der Waals surface area contributed by atoms with E-state index in [1.165, 1.54) is 30.8 Å². The van der Waals surface area contributed by atoms with E-state index >= 15 is 0 Å². The van der Waals surface area contributed by atoms with Crippen LogP contribution < -0.4 is 5.32 Å². The quantitative estimate of drug-likeness (QED) is 0.323. The molecule has 0 saturated carbocycles. The van der Waals surface area contributed by atoms with Crippen molar-refractivity contribution in [3.63, 3.8) is 0 Å². The van der Waals surface area contributed by atoms with Gasteiger partial charge in [0.2, 0.25) is 0 Å². The van der Waals surface area contributed by atoms with E-state index in [0.717, 1.165) is 22.4 Å². The SMILES string of the molecule is Cc1cc(C)c(NC(=O)[C@@H](C)OC(=O)CSc2ccc([N+](=O)[O-])cc2)c(C)c1. The van der Waals surface area contributed by atoms with Crippen molar-refractivity contribution in [3.05, 3.63) is 63.2 Å². The Morgan fingerprint density at radius 2 is 1.71 bits per heavy atom. The molecule has 2 aromatic rings. The lowest BCUT2D eigenvalue weighted by Crippen LogP contribution is -2.31. The molecule has 0 aliphatic carbocycles. The van der Waals surface area contributed by atoms with Gasteiger partial charge in [0, 0.05) is 22.7 Å². The molecule has 0 aliphatic heterocycles. The molecule has 1 atom stereocenters. The predicted octanol–water partition coefficient (Wildman–Crippen LogP) is 4.18. The molecule has 0 saturated heterocycles. The lowest BCUT2D eigenvalue weighted by Gasteiger charge is -2.16. The summed E-state index contributed by atoms with van der Waals surface area (Å²) >= 11 is 1.18. The Balaban J connectivity index is 1.87. The number of ether oxygens (including phenoxy) is 1. The number of nitro benzene ring substituents is 1. The van der Waals surface area contributed by atoms with Crippen molar-refractivity contribution in [3.8, 4) is 0 Å². The van der Waals surface area contributed by atoms with Crippen molar-refractivity contribution in [2.75, 3.05) is 11.1 Å². The van der Waals surface area contributed by atoms with Crippen LogP contribution >= 0.6 is 11.8 Å². The highest BCUT2D eigenvalue weighted by molar-refractivity contribution is 8.00. The fourth-order valence-electron chi connectivity index (χ4n) is 2.69. The van der Waals surface area contributed by atoms with Crippen LogP contribution in [0, 0.1) is 30.9 Å². The molecular weight excluding hydrogens is 380 g/mol. The molecule has 28 heavy (non-hydrogen) atoms. The molecule has 0 bridgehead atoms. The van der Waals surface area contributed by atoms with E-state index in [4.69, 9.17) is 4.74 Å². The molecule has 0 aromatic heterocycles. The molecule has 0 fully saturated rings. The van der Waals surface area contributed by atoms with Crippen molar-refractivity contribution < 1.29 is 19.2 Å². The van der Waals surface area contributed by atoms with E-state index in [9.17, 15) is 19.7 Å². The van der Waals surface area contributed by atoms with Crippen molar-refractivity contribution in [1.29, 1.82) is 0 Å². The minimum Gasteiger partial charge on any atom is -0.452 e. The number of hydrogen-bond donors (Lipinski definition) is 1. The monoisotopic (exact) mass is 402 g/mol. The zero-order valence-electron chi connectivity index (χ0n) is 16.1. The summed E-state index contributed by atoms with van der Waals surface area (Å²) in [5, 5.41) is 13.5. The van der Waals surface area contributed by atoms with Gasteiger partial charge in [0.25, 0.3) is 11.6 Å². The average Bonchev–Trinajstić information content (AvgIpc) is 2.63. The minimum absolute atomic E-state index is 0.00197. The number of nitrogens with one attached hydrogen (secondary N) is 1. The summed E-state index contributed by atoms with van der Waals surface area (Å²) in [6.07, 6.45) is -0.940. The van der Waals surface area contributed by atoms with Crippen LogP contribution in [0.1, 0.15) is 23.6 Å². The topological polar surface area (TPSA) is 98.5 Å². The maximum atomic E-state index is 12.4. The standard InChI is InChI=1S/C20H22N2O5S/c1-12-9-13(2)19(14(3)10-12)21-20(24)15(4)27-18(23)11-28-17-7-5-16(6-8-17)22(25)26/h5-10,15H,11H2,1-4H3,(H,21,24)/t15-/m1/s1. The average molecular weight is 402 g/mol. The van der Waals surface area contributed by atoms with Crippen LogP contribution in [0.25, 0.3) is 0 Å². The van der Waals surface area contributed by atoms with Gasteiger partial charge in [-0.3, -0.25) is 19.7 Å². The minimum atomic E-state index is -0.940. The van der Waals surface area contributed by atoms with Crippen LogP contribution in [0.15, 0.2) is 41.3 Å². The van der Waals surface area contributed by atoms with E-state index < -0.39 is 22.9 Å². The Kier molecular flexibility index (Phi) is 7.17. The molecule has 1 amide bonds. The first-order valence-corrected chi connectivity index (χ1v) is 9.61. The fourth-order valence-corrected chi connectivity index (χ4v) is 3.37. The second-order valence-corrected chi connectivity index (χ2v) is 7.48. The third kappa shape index (κ3) is 5.82. The van der Waals surface area contributed by atoms with E-state index in [1.807, 2.05) is 32.9 Å². The van der Waals surface area contributed by atoms with Crippen LogP contribution in [0.3, 0.4) is 0 Å². The van der Waals surface area contributed by atoms with E-state index in [0.29, 0.717) is 4.90 Å². The van der Waals surface area contributed by atoms with Crippen LogP contribution in [-0.2, 0) is 14.3 Å². The number of anilines is 1. The van der Waals surface area contributed by atoms with E-state index in [-0.39, 0.29) is 11.4 Å². The zero-order chi connectivity index (χ0) is 20.8. The number of nitrogens with zero attached hydrogens (tertiary/aromatic N) is 1. The molecule has 8 heteroatoms. The third-order valence-corrected chi connectivity index (χ3v) is 4.99. The highest BCUT2D eigenvalue weighted by Gasteiger charge is 2.19. The van der Waals surface area contributed by atoms with Crippen LogP contribution in [0.4, 0.5) is 11.4 Å². The van der Waals surface area contributed by atoms with Gasteiger partial charge < -0.3 is 10.1 Å². The summed E-state index contributed by atoms with van der Waals surface area (Å²) in [5.74, 6) is -0.940. The number of rotatable bonds is 7. The summed E-state index contributed by atoms with van der Waals surface area (Å²) < 4.78 is 5.19. The molecule has 0 aliphatic rings. The summed E-state index contributed by atoms with van der Waals surface area (Å²) in [5.41, 5.74) is 3.70. The van der Waals surface area contributed by atoms with Gasteiger partial charge in [0.1, 0.15) is 0 Å². The lowest BCUT2D eigenvalue weighted by atomic mass is 10.0. The number of nitro groups is 1. The second-order valence-electron chi connectivity index (χ2n) is 6.43. The van der Waals surface area contributed by atoms with Gasteiger partial charge in [-0.15, -0.1) is 11.8 Å². The molecule has 1 N–H and O–H groups in total. The molecule has 0 unspecified atom stereocenters. The maximum Gasteiger partial charge on any atom is 0.317 e. The Morgan fingerprint density at radius 1 is 1.14 bits per heavy atom. The number of hydrogen-bond acceptors (Lipinski definition) is 6. The smallest absolute Gasteiger partial charge is 0.317 e. The largest absolute Gasteiger partial charge is 0.452 e. The zero-order valence-corrected chi connectivity index (χ0v) is 17.0. The first-order chi connectivity index (χ1) is 13.2. The van der Waals surface area contributed by atoms with Crippen LogP contribution in [-0.4, -0.2) is 28.7 Å².